The van der Waals surface area contributed by atoms with Crippen LogP contribution in [0.15, 0.2) is 28.3 Å². The Labute approximate surface area is 119 Å². The average molecular weight is 327 g/mol. The highest BCUT2D eigenvalue weighted by Gasteiger charge is 2.01. The predicted molar refractivity (Wildman–Crippen MR) is 80.1 cm³/mol. The number of nitrogens with one attached hydrogen (secondary N) is 2. The van der Waals surface area contributed by atoms with Crippen LogP contribution in [0.1, 0.15) is 18.7 Å². The molecule has 0 bridgehead atoms. The number of rotatable bonds is 5. The highest BCUT2D eigenvalue weighted by atomic mass is 79.9. The van der Waals surface area contributed by atoms with Gasteiger partial charge in [0.2, 0.25) is 0 Å². The minimum Gasteiger partial charge on any atom is -0.368 e. The molecule has 2 heterocycles. The van der Waals surface area contributed by atoms with E-state index < -0.39 is 0 Å². The summed E-state index contributed by atoms with van der Waals surface area (Å²) in [6.07, 6.45) is 1.57. The summed E-state index contributed by atoms with van der Waals surface area (Å²) in [7, 11) is 0. The van der Waals surface area contributed by atoms with Gasteiger partial charge in [-0.1, -0.05) is 0 Å². The molecule has 0 aliphatic carbocycles. The molecular weight excluding hydrogens is 312 g/mol. The van der Waals surface area contributed by atoms with E-state index in [9.17, 15) is 0 Å². The van der Waals surface area contributed by atoms with Gasteiger partial charge in [-0.05, 0) is 35.8 Å². The molecule has 0 fully saturated rings. The molecule has 0 radical (unpaired) electrons. The molecule has 0 spiro atoms. The van der Waals surface area contributed by atoms with Gasteiger partial charge in [-0.25, -0.2) is 9.97 Å². The molecule has 0 saturated carbocycles. The van der Waals surface area contributed by atoms with E-state index in [1.165, 1.54) is 4.88 Å². The number of hydrogen-bond donors (Lipinski definition) is 2. The van der Waals surface area contributed by atoms with Gasteiger partial charge in [-0.3, -0.25) is 0 Å². The topological polar surface area (TPSA) is 49.8 Å². The monoisotopic (exact) mass is 326 g/mol. The summed E-state index contributed by atoms with van der Waals surface area (Å²) < 4.78 is 1.12. The summed E-state index contributed by atoms with van der Waals surface area (Å²) >= 11 is 5.16. The summed E-state index contributed by atoms with van der Waals surface area (Å²) in [5.41, 5.74) is 0. The lowest BCUT2D eigenvalue weighted by Crippen LogP contribution is -2.11. The van der Waals surface area contributed by atoms with Crippen LogP contribution >= 0.6 is 27.3 Å². The molecule has 6 heteroatoms. The maximum absolute atomic E-state index is 4.20. The highest BCUT2D eigenvalue weighted by Crippen LogP contribution is 2.20. The maximum atomic E-state index is 4.20. The largest absolute Gasteiger partial charge is 0.368 e. The predicted octanol–water partition coefficient (Wildman–Crippen LogP) is 3.73. The van der Waals surface area contributed by atoms with Crippen LogP contribution in [0.3, 0.4) is 0 Å². The van der Waals surface area contributed by atoms with Crippen molar-refractivity contribution in [2.45, 2.75) is 26.4 Å². The Kier molecular flexibility index (Phi) is 4.54. The van der Waals surface area contributed by atoms with Gasteiger partial charge in [-0.15, -0.1) is 11.3 Å². The fraction of sp³-hybridized carbons (Fsp3) is 0.333. The van der Waals surface area contributed by atoms with E-state index in [1.54, 1.807) is 17.7 Å². The number of halogens is 1. The van der Waals surface area contributed by atoms with Crippen LogP contribution in [-0.2, 0) is 6.54 Å². The van der Waals surface area contributed by atoms with Crippen LogP contribution < -0.4 is 10.6 Å². The lowest BCUT2D eigenvalue weighted by Gasteiger charge is -2.10. The molecule has 0 atom stereocenters. The van der Waals surface area contributed by atoms with Crippen LogP contribution in [0, 0.1) is 0 Å². The first kappa shape index (κ1) is 13.3. The van der Waals surface area contributed by atoms with Crippen LogP contribution in [0.4, 0.5) is 11.6 Å². The van der Waals surface area contributed by atoms with Crippen molar-refractivity contribution < 1.29 is 0 Å². The van der Waals surface area contributed by atoms with Gasteiger partial charge < -0.3 is 10.6 Å². The third-order valence-corrected chi connectivity index (χ3v) is 3.87. The smallest absolute Gasteiger partial charge is 0.131 e. The van der Waals surface area contributed by atoms with E-state index in [0.717, 1.165) is 22.7 Å². The Bertz CT molecular complexity index is 512. The SMILES string of the molecule is CC(C)Nc1cc(NCc2cc(Br)cs2)ncn1. The molecule has 0 aliphatic rings. The van der Waals surface area contributed by atoms with E-state index in [1.807, 2.05) is 6.07 Å². The number of anilines is 2. The minimum absolute atomic E-state index is 0.362. The number of hydrogen-bond acceptors (Lipinski definition) is 5. The molecule has 0 aliphatic heterocycles. The average Bonchev–Trinajstić information content (AvgIpc) is 2.72. The highest BCUT2D eigenvalue weighted by molar-refractivity contribution is 9.10. The zero-order chi connectivity index (χ0) is 13.0. The number of nitrogens with zero attached hydrogens (tertiary/aromatic N) is 2. The molecule has 2 aromatic rings. The molecule has 2 aromatic heterocycles. The fourth-order valence-corrected chi connectivity index (χ4v) is 2.84. The van der Waals surface area contributed by atoms with E-state index in [0.29, 0.717) is 6.04 Å². The third-order valence-electron chi connectivity index (χ3n) is 2.17. The molecule has 18 heavy (non-hydrogen) atoms. The van der Waals surface area contributed by atoms with Crippen molar-refractivity contribution in [1.82, 2.24) is 9.97 Å². The summed E-state index contributed by atoms with van der Waals surface area (Å²) in [6, 6.07) is 4.38. The van der Waals surface area contributed by atoms with Crippen molar-refractivity contribution >= 4 is 38.9 Å². The van der Waals surface area contributed by atoms with Crippen molar-refractivity contribution in [2.24, 2.45) is 0 Å². The van der Waals surface area contributed by atoms with Crippen molar-refractivity contribution in [3.63, 3.8) is 0 Å². The van der Waals surface area contributed by atoms with Gasteiger partial charge in [0.05, 0.1) is 6.54 Å². The number of aromatic nitrogens is 2. The van der Waals surface area contributed by atoms with Gasteiger partial charge in [0.15, 0.2) is 0 Å². The standard InChI is InChI=1S/C12H15BrN4S/c1-8(2)17-12-4-11(15-7-16-12)14-5-10-3-9(13)6-18-10/h3-4,6-8H,5H2,1-2H3,(H2,14,15,16,17). The third kappa shape index (κ3) is 3.96. The van der Waals surface area contributed by atoms with Gasteiger partial charge in [0.25, 0.3) is 0 Å². The van der Waals surface area contributed by atoms with E-state index in [4.69, 9.17) is 0 Å². The fourth-order valence-electron chi connectivity index (χ4n) is 1.45. The lowest BCUT2D eigenvalue weighted by atomic mass is 10.4. The van der Waals surface area contributed by atoms with Crippen molar-refractivity contribution in [2.75, 3.05) is 10.6 Å². The van der Waals surface area contributed by atoms with Crippen molar-refractivity contribution in [3.8, 4) is 0 Å². The second-order valence-electron chi connectivity index (χ2n) is 4.17. The summed E-state index contributed by atoms with van der Waals surface area (Å²) in [5.74, 6) is 1.67. The zero-order valence-corrected chi connectivity index (χ0v) is 12.7. The van der Waals surface area contributed by atoms with E-state index in [2.05, 4.69) is 61.8 Å². The molecule has 2 N–H and O–H groups in total. The molecule has 4 nitrogen and oxygen atoms in total. The first-order chi connectivity index (χ1) is 8.63. The normalized spacial score (nSPS) is 10.7. The first-order valence-electron chi connectivity index (χ1n) is 5.69. The molecule has 0 unspecified atom stereocenters. The second-order valence-corrected chi connectivity index (χ2v) is 6.08. The lowest BCUT2D eigenvalue weighted by molar-refractivity contribution is 0.886. The Morgan fingerprint density at radius 3 is 2.72 bits per heavy atom. The molecule has 2 rings (SSSR count). The van der Waals surface area contributed by atoms with Crippen molar-refractivity contribution in [3.05, 3.63) is 33.2 Å². The number of thiophene rings is 1. The quantitative estimate of drug-likeness (QED) is 0.878. The molecular formula is C12H15BrN4S. The van der Waals surface area contributed by atoms with Crippen LogP contribution in [0.5, 0.6) is 0 Å². The summed E-state index contributed by atoms with van der Waals surface area (Å²) in [4.78, 5) is 9.63. The Morgan fingerprint density at radius 1 is 1.28 bits per heavy atom. The van der Waals surface area contributed by atoms with Gasteiger partial charge in [0.1, 0.15) is 18.0 Å². The van der Waals surface area contributed by atoms with Crippen LogP contribution in [0.2, 0.25) is 0 Å². The maximum Gasteiger partial charge on any atom is 0.131 e. The molecule has 96 valence electrons. The van der Waals surface area contributed by atoms with Crippen LogP contribution in [0.25, 0.3) is 0 Å². The first-order valence-corrected chi connectivity index (χ1v) is 7.36. The van der Waals surface area contributed by atoms with Gasteiger partial charge in [0, 0.05) is 26.8 Å². The van der Waals surface area contributed by atoms with Gasteiger partial charge >= 0.3 is 0 Å². The Morgan fingerprint density at radius 2 is 2.06 bits per heavy atom. The van der Waals surface area contributed by atoms with E-state index >= 15 is 0 Å². The minimum atomic E-state index is 0.362. The zero-order valence-electron chi connectivity index (χ0n) is 10.3. The summed E-state index contributed by atoms with van der Waals surface area (Å²) in [5, 5.41) is 8.61. The Hall–Kier alpha value is -1.14. The van der Waals surface area contributed by atoms with Gasteiger partial charge in [-0.2, -0.15) is 0 Å². The molecule has 0 saturated heterocycles. The van der Waals surface area contributed by atoms with Crippen molar-refractivity contribution in [1.29, 1.82) is 0 Å². The van der Waals surface area contributed by atoms with E-state index in [-0.39, 0.29) is 0 Å². The Balaban J connectivity index is 1.96. The second kappa shape index (κ2) is 6.15. The van der Waals surface area contributed by atoms with Crippen LogP contribution in [-0.4, -0.2) is 16.0 Å². The molecule has 0 amide bonds. The summed E-state index contributed by atoms with van der Waals surface area (Å²) in [6.45, 7) is 4.94. The molecule has 0 aromatic carbocycles.